The Kier molecular flexibility index (Phi) is 6.01. The second kappa shape index (κ2) is 7.11. The molecule has 6 nitrogen and oxygen atoms in total. The Morgan fingerprint density at radius 2 is 2.00 bits per heavy atom. The van der Waals surface area contributed by atoms with Gasteiger partial charge in [-0.05, 0) is 39.7 Å². The Morgan fingerprint density at radius 3 is 2.48 bits per heavy atom. The molecule has 2 atom stereocenters. The van der Waals surface area contributed by atoms with E-state index in [0.29, 0.717) is 18.9 Å². The van der Waals surface area contributed by atoms with Gasteiger partial charge in [-0.15, -0.1) is 0 Å². The summed E-state index contributed by atoms with van der Waals surface area (Å²) < 4.78 is 5.31. The van der Waals surface area contributed by atoms with Crippen LogP contribution in [0.4, 0.5) is 4.79 Å². The third kappa shape index (κ3) is 5.91. The number of piperidine rings is 1. The van der Waals surface area contributed by atoms with E-state index in [1.807, 2.05) is 0 Å². The van der Waals surface area contributed by atoms with Gasteiger partial charge in [-0.2, -0.15) is 0 Å². The van der Waals surface area contributed by atoms with Crippen LogP contribution in [0.25, 0.3) is 0 Å². The minimum absolute atomic E-state index is 0.0939. The van der Waals surface area contributed by atoms with Crippen molar-refractivity contribution in [2.45, 2.75) is 52.7 Å². The number of hydrogen-bond acceptors (Lipinski definition) is 4. The Balaban J connectivity index is 2.64. The predicted octanol–water partition coefficient (Wildman–Crippen LogP) is 1.94. The molecule has 1 aliphatic rings. The number of ether oxygens (including phenoxy) is 1. The lowest BCUT2D eigenvalue weighted by atomic mass is 9.92. The van der Waals surface area contributed by atoms with Crippen molar-refractivity contribution >= 4 is 12.1 Å². The third-order valence-electron chi connectivity index (χ3n) is 3.37. The quantitative estimate of drug-likeness (QED) is 0.829. The monoisotopic (exact) mass is 300 g/mol. The fourth-order valence-electron chi connectivity index (χ4n) is 2.33. The summed E-state index contributed by atoms with van der Waals surface area (Å²) in [6, 6.07) is -0.0939. The summed E-state index contributed by atoms with van der Waals surface area (Å²) in [5, 5.41) is 12.7. The maximum atomic E-state index is 12.0. The molecule has 1 amide bonds. The molecule has 0 aromatic rings. The fourth-order valence-corrected chi connectivity index (χ4v) is 2.33. The molecule has 1 aliphatic heterocycles. The molecule has 0 aliphatic carbocycles. The number of carboxylic acid groups (broad SMARTS) is 1. The van der Waals surface area contributed by atoms with Gasteiger partial charge in [0.25, 0.3) is 0 Å². The highest BCUT2D eigenvalue weighted by Gasteiger charge is 2.37. The summed E-state index contributed by atoms with van der Waals surface area (Å²) in [7, 11) is 0. The maximum Gasteiger partial charge on any atom is 0.410 e. The SMILES string of the molecule is CC(C)CN[C@H]1CCN(C(=O)OC(C)(C)C)C[C@@H]1C(=O)O. The van der Waals surface area contributed by atoms with Crippen molar-refractivity contribution in [2.24, 2.45) is 11.8 Å². The minimum atomic E-state index is -0.871. The van der Waals surface area contributed by atoms with Gasteiger partial charge in [0.15, 0.2) is 0 Å². The molecule has 1 heterocycles. The van der Waals surface area contributed by atoms with Crippen LogP contribution in [0.2, 0.25) is 0 Å². The lowest BCUT2D eigenvalue weighted by Gasteiger charge is -2.37. The summed E-state index contributed by atoms with van der Waals surface area (Å²) in [5.41, 5.74) is -0.567. The topological polar surface area (TPSA) is 78.9 Å². The Labute approximate surface area is 126 Å². The Bertz CT molecular complexity index is 376. The smallest absolute Gasteiger partial charge is 0.410 e. The first kappa shape index (κ1) is 17.8. The first-order valence-corrected chi connectivity index (χ1v) is 7.54. The first-order chi connectivity index (χ1) is 9.60. The highest BCUT2D eigenvalue weighted by Crippen LogP contribution is 2.20. The lowest BCUT2D eigenvalue weighted by Crippen LogP contribution is -2.54. The van der Waals surface area contributed by atoms with E-state index in [4.69, 9.17) is 4.74 Å². The maximum absolute atomic E-state index is 12.0. The lowest BCUT2D eigenvalue weighted by molar-refractivity contribution is -0.144. The van der Waals surface area contributed by atoms with Crippen molar-refractivity contribution in [2.75, 3.05) is 19.6 Å². The number of likely N-dealkylation sites (tertiary alicyclic amines) is 1. The van der Waals surface area contributed by atoms with E-state index in [1.165, 1.54) is 4.90 Å². The summed E-state index contributed by atoms with van der Waals surface area (Å²) in [4.78, 5) is 25.0. The van der Waals surface area contributed by atoms with Crippen molar-refractivity contribution in [3.05, 3.63) is 0 Å². The highest BCUT2D eigenvalue weighted by atomic mass is 16.6. The summed E-state index contributed by atoms with van der Waals surface area (Å²) in [5.74, 6) is -1.00. The number of hydrogen-bond donors (Lipinski definition) is 2. The number of carboxylic acids is 1. The largest absolute Gasteiger partial charge is 0.481 e. The standard InChI is InChI=1S/C15H28N2O4/c1-10(2)8-16-12-6-7-17(9-11(12)13(18)19)14(20)21-15(3,4)5/h10-12,16H,6-9H2,1-5H3,(H,18,19)/t11-,12-/m0/s1. The van der Waals surface area contributed by atoms with Gasteiger partial charge in [0, 0.05) is 19.1 Å². The van der Waals surface area contributed by atoms with Crippen molar-refractivity contribution in [1.82, 2.24) is 10.2 Å². The van der Waals surface area contributed by atoms with Gasteiger partial charge >= 0.3 is 12.1 Å². The molecule has 0 bridgehead atoms. The molecule has 1 saturated heterocycles. The van der Waals surface area contributed by atoms with E-state index in [9.17, 15) is 14.7 Å². The van der Waals surface area contributed by atoms with Gasteiger partial charge < -0.3 is 20.1 Å². The van der Waals surface area contributed by atoms with Crippen LogP contribution in [0.5, 0.6) is 0 Å². The molecule has 0 aromatic carbocycles. The molecule has 1 fully saturated rings. The zero-order valence-corrected chi connectivity index (χ0v) is 13.7. The number of aliphatic carboxylic acids is 1. The molecule has 0 saturated carbocycles. The summed E-state index contributed by atoms with van der Waals surface area (Å²) in [6.07, 6.45) is 0.194. The highest BCUT2D eigenvalue weighted by molar-refractivity contribution is 5.74. The van der Waals surface area contributed by atoms with E-state index in [1.54, 1.807) is 20.8 Å². The average molecular weight is 300 g/mol. The van der Waals surface area contributed by atoms with Crippen LogP contribution < -0.4 is 5.32 Å². The van der Waals surface area contributed by atoms with Gasteiger partial charge in [-0.1, -0.05) is 13.8 Å². The number of nitrogens with zero attached hydrogens (tertiary/aromatic N) is 1. The van der Waals surface area contributed by atoms with Crippen molar-refractivity contribution in [3.8, 4) is 0 Å². The number of carbonyl (C=O) groups is 2. The number of nitrogens with one attached hydrogen (secondary N) is 1. The predicted molar refractivity (Wildman–Crippen MR) is 80.2 cm³/mol. The summed E-state index contributed by atoms with van der Waals surface area (Å²) in [6.45, 7) is 11.1. The van der Waals surface area contributed by atoms with Crippen molar-refractivity contribution in [3.63, 3.8) is 0 Å². The summed E-state index contributed by atoms with van der Waals surface area (Å²) >= 11 is 0. The second-order valence-electron chi connectivity index (χ2n) is 7.07. The van der Waals surface area contributed by atoms with E-state index in [-0.39, 0.29) is 12.6 Å². The van der Waals surface area contributed by atoms with Crippen LogP contribution in [0, 0.1) is 11.8 Å². The van der Waals surface area contributed by atoms with Gasteiger partial charge in [0.05, 0.1) is 5.92 Å². The molecule has 21 heavy (non-hydrogen) atoms. The van der Waals surface area contributed by atoms with Crippen molar-refractivity contribution < 1.29 is 19.4 Å². The zero-order valence-electron chi connectivity index (χ0n) is 13.7. The molecule has 0 radical (unpaired) electrons. The van der Waals surface area contributed by atoms with Crippen LogP contribution in [-0.2, 0) is 9.53 Å². The fraction of sp³-hybridized carbons (Fsp3) is 0.867. The molecular formula is C15H28N2O4. The number of amides is 1. The molecule has 0 unspecified atom stereocenters. The van der Waals surface area contributed by atoms with Crippen LogP contribution in [0.3, 0.4) is 0 Å². The normalized spacial score (nSPS) is 23.2. The second-order valence-corrected chi connectivity index (χ2v) is 7.07. The molecular weight excluding hydrogens is 272 g/mol. The number of carbonyl (C=O) groups excluding carboxylic acids is 1. The van der Waals surface area contributed by atoms with E-state index in [2.05, 4.69) is 19.2 Å². The molecule has 0 aromatic heterocycles. The zero-order chi connectivity index (χ0) is 16.2. The van der Waals surface area contributed by atoms with E-state index >= 15 is 0 Å². The van der Waals surface area contributed by atoms with Crippen LogP contribution in [0.1, 0.15) is 41.0 Å². The molecule has 122 valence electrons. The molecule has 6 heteroatoms. The third-order valence-corrected chi connectivity index (χ3v) is 3.37. The minimum Gasteiger partial charge on any atom is -0.481 e. The van der Waals surface area contributed by atoms with E-state index < -0.39 is 23.6 Å². The Morgan fingerprint density at radius 1 is 1.38 bits per heavy atom. The van der Waals surface area contributed by atoms with Crippen molar-refractivity contribution in [1.29, 1.82) is 0 Å². The Hall–Kier alpha value is -1.30. The molecule has 1 rings (SSSR count). The van der Waals surface area contributed by atoms with Crippen LogP contribution >= 0.6 is 0 Å². The van der Waals surface area contributed by atoms with Crippen LogP contribution in [0.15, 0.2) is 0 Å². The van der Waals surface area contributed by atoms with Gasteiger partial charge in [0.1, 0.15) is 5.60 Å². The van der Waals surface area contributed by atoms with Gasteiger partial charge in [0.2, 0.25) is 0 Å². The average Bonchev–Trinajstić information content (AvgIpc) is 2.33. The number of rotatable bonds is 4. The molecule has 2 N–H and O–H groups in total. The first-order valence-electron chi connectivity index (χ1n) is 7.54. The van der Waals surface area contributed by atoms with Crippen LogP contribution in [-0.4, -0.2) is 53.3 Å². The molecule has 0 spiro atoms. The van der Waals surface area contributed by atoms with E-state index in [0.717, 1.165) is 6.54 Å². The van der Waals surface area contributed by atoms with Gasteiger partial charge in [-0.3, -0.25) is 4.79 Å². The van der Waals surface area contributed by atoms with Gasteiger partial charge in [-0.25, -0.2) is 4.79 Å².